The molecule has 12 rings (SSSR count). The third kappa shape index (κ3) is 21.9. The van der Waals surface area contributed by atoms with Gasteiger partial charge in [-0.05, 0) is 221 Å². The van der Waals surface area contributed by atoms with Gasteiger partial charge < -0.3 is 0 Å². The molecular formula is C98H124N6+6. The molecule has 0 saturated heterocycles. The van der Waals surface area contributed by atoms with Crippen LogP contribution in [0.5, 0.6) is 0 Å². The largest absolute Gasteiger partial charge is 0.212 e. The first-order chi connectivity index (χ1) is 53.2. The topological polar surface area (TPSA) is 23.3 Å². The van der Waals surface area contributed by atoms with Crippen LogP contribution in [-0.2, 0) is 48.7 Å². The highest BCUT2D eigenvalue weighted by atomic mass is 14.9. The lowest BCUT2D eigenvalue weighted by Gasteiger charge is -2.11. The van der Waals surface area contributed by atoms with Gasteiger partial charge in [0.2, 0.25) is 34.2 Å². The summed E-state index contributed by atoms with van der Waals surface area (Å²) in [4.78, 5) is 0. The predicted molar refractivity (Wildman–Crippen MR) is 441 cm³/mol. The third-order valence-corrected chi connectivity index (χ3v) is 19.3. The number of pyridine rings is 6. The van der Waals surface area contributed by atoms with Gasteiger partial charge in [-0.25, -0.2) is 27.4 Å². The van der Waals surface area contributed by atoms with Crippen molar-refractivity contribution >= 4 is 0 Å². The predicted octanol–water partition coefficient (Wildman–Crippen LogP) is 21.8. The van der Waals surface area contributed by atoms with Crippen molar-refractivity contribution in [2.45, 2.75) is 168 Å². The molecule has 0 bridgehead atoms. The Balaban J connectivity index is 0.000000190. The monoisotopic (exact) mass is 1400 g/mol. The zero-order chi connectivity index (χ0) is 84.9. The Labute approximate surface area is 642 Å². The van der Waals surface area contributed by atoms with Crippen molar-refractivity contribution in [1.29, 1.82) is 0 Å². The summed E-state index contributed by atoms with van der Waals surface area (Å²) in [6, 6.07) is 67.7. The van der Waals surface area contributed by atoms with E-state index in [0.29, 0.717) is 23.3 Å². The Morgan fingerprint density at radius 2 is 0.673 bits per heavy atom. The molecule has 0 amide bonds. The Bertz CT molecular complexity index is 5190. The maximum Gasteiger partial charge on any atom is 0.212 e. The first kappa shape index (κ1) is 67.4. The molecule has 0 fully saturated rings. The smallest absolute Gasteiger partial charge is 0.201 e. The second-order valence-electron chi connectivity index (χ2n) is 29.0. The molecule has 2 unspecified atom stereocenters. The van der Waals surface area contributed by atoms with E-state index in [0.717, 1.165) is 40.6 Å². The van der Waals surface area contributed by atoms with Crippen LogP contribution in [0, 0.1) is 75.1 Å². The van der Waals surface area contributed by atoms with Crippen molar-refractivity contribution in [1.82, 2.24) is 0 Å². The number of aromatic nitrogens is 6. The number of hydrogen-bond donors (Lipinski definition) is 0. The van der Waals surface area contributed by atoms with Gasteiger partial charge in [-0.1, -0.05) is 166 Å². The highest BCUT2D eigenvalue weighted by Crippen LogP contribution is 2.30. The minimum absolute atomic E-state index is 0.205. The number of rotatable bonds is 12. The van der Waals surface area contributed by atoms with Crippen LogP contribution in [0.1, 0.15) is 190 Å². The Hall–Kier alpha value is -9.78. The average molecular weight is 1400 g/mol. The van der Waals surface area contributed by atoms with Gasteiger partial charge in [0.1, 0.15) is 42.3 Å². The summed E-state index contributed by atoms with van der Waals surface area (Å²) in [7, 11) is 12.4. The molecule has 0 aliphatic heterocycles. The maximum atomic E-state index is 8.25. The van der Waals surface area contributed by atoms with Crippen LogP contribution in [0.25, 0.3) is 67.5 Å². The maximum absolute atomic E-state index is 8.25. The normalized spacial score (nSPS) is 13.8. The van der Waals surface area contributed by atoms with Gasteiger partial charge in [0, 0.05) is 118 Å². The molecule has 104 heavy (non-hydrogen) atoms. The number of benzene rings is 6. The van der Waals surface area contributed by atoms with Crippen LogP contribution in [-0.4, -0.2) is 0 Å². The molecule has 6 aromatic heterocycles. The van der Waals surface area contributed by atoms with E-state index in [9.17, 15) is 0 Å². The fourth-order valence-electron chi connectivity index (χ4n) is 13.4. The zero-order valence-electron chi connectivity index (χ0n) is 76.9. The van der Waals surface area contributed by atoms with E-state index >= 15 is 0 Å². The summed E-state index contributed by atoms with van der Waals surface area (Å²) in [5.41, 5.74) is 32.0. The van der Waals surface area contributed by atoms with Gasteiger partial charge in [-0.15, -0.1) is 0 Å². The molecule has 2 atom stereocenters. The lowest BCUT2D eigenvalue weighted by Crippen LogP contribution is -2.32. The van der Waals surface area contributed by atoms with Gasteiger partial charge in [0.15, 0.2) is 37.2 Å². The standard InChI is InChI=1S/4C17H22N.C16H20N.C14H16N/c1-12(2)16-10-17(18(5)11-14(16)4)15-9-7-6-8-13(15)3;2*1-12(2)16-11-18(5)17(10-14(16)4)15-9-7-6-8-13(15)3;1-13(2)11-15-8-9-16(14(3)12-15)17-7-5-6-10-18(17)4;1-12(2)14-8-9-15(13(3)11-14)16-7-5-6-10-17(16)4;1-11-7-8-12(2)13(10-11)14-6-4-5-9-15(14)3/h3*6-12H,1-5H3;5-10,12-13H,11H2,1-4H3;5-12H,1-4H3;4-10H,1-3H3/q6*+1/i;;;1D3,11D2,13D;1D3,12D;. The van der Waals surface area contributed by atoms with Gasteiger partial charge in [0.05, 0.1) is 0 Å². The van der Waals surface area contributed by atoms with E-state index in [-0.39, 0.29) is 5.56 Å². The first-order valence-corrected chi connectivity index (χ1v) is 36.6. The zero-order valence-corrected chi connectivity index (χ0v) is 66.9. The summed E-state index contributed by atoms with van der Waals surface area (Å²) < 4.78 is 90.7. The Morgan fingerprint density at radius 1 is 0.298 bits per heavy atom. The summed E-state index contributed by atoms with van der Waals surface area (Å²) in [6.07, 6.45) is 10.4. The molecule has 0 aliphatic rings. The Morgan fingerprint density at radius 3 is 1.07 bits per heavy atom. The highest BCUT2D eigenvalue weighted by Gasteiger charge is 2.21. The minimum atomic E-state index is -2.73. The van der Waals surface area contributed by atoms with Crippen LogP contribution < -0.4 is 27.4 Å². The lowest BCUT2D eigenvalue weighted by atomic mass is 9.96. The molecule has 0 radical (unpaired) electrons. The number of hydrogen-bond acceptors (Lipinski definition) is 0. The van der Waals surface area contributed by atoms with Gasteiger partial charge in [0.25, 0.3) is 0 Å². The van der Waals surface area contributed by atoms with Gasteiger partial charge in [-0.3, -0.25) is 0 Å². The number of nitrogens with zero attached hydrogens (tertiary/aromatic N) is 6. The van der Waals surface area contributed by atoms with Crippen molar-refractivity contribution in [3.05, 3.63) is 321 Å². The molecule has 6 nitrogen and oxygen atoms in total. The quantitative estimate of drug-likeness (QED) is 0.109. The van der Waals surface area contributed by atoms with E-state index in [1.165, 1.54) is 113 Å². The van der Waals surface area contributed by atoms with Crippen molar-refractivity contribution in [3.8, 4) is 67.5 Å². The van der Waals surface area contributed by atoms with Gasteiger partial charge in [-0.2, -0.15) is 0 Å². The van der Waals surface area contributed by atoms with Crippen LogP contribution in [0.3, 0.4) is 0 Å². The summed E-state index contributed by atoms with van der Waals surface area (Å²) in [5.74, 6) is -2.14. The minimum Gasteiger partial charge on any atom is -0.201 e. The van der Waals surface area contributed by atoms with E-state index in [2.05, 4.69) is 296 Å². The second kappa shape index (κ2) is 38.1. The molecule has 6 heteroatoms. The molecule has 6 heterocycles. The fraction of sp³-hybridized carbons (Fsp3) is 0.327. The second-order valence-corrected chi connectivity index (χ2v) is 29.0. The summed E-state index contributed by atoms with van der Waals surface area (Å²) in [5, 5.41) is 0. The number of aryl methyl sites for hydroxylation is 16. The van der Waals surface area contributed by atoms with E-state index < -0.39 is 31.9 Å². The van der Waals surface area contributed by atoms with Crippen molar-refractivity contribution in [2.24, 2.45) is 48.2 Å². The SMILES string of the molecule is Cc1ccc(C)c(-c2cccc[n+]2C)c1.Cc1ccccc1-c1cc(C(C)C)c(C)c[n+]1C.Cc1ccccc1-c1cc(C)c(C(C)C)c[n+]1C.Cc1ccccc1-c1cc(C)c(C(C)C)c[n+]1C.[2H]C([2H])([2H])C([2H])(C)C([2H])([2H])c1ccc(-c2cccc[n+]2C)c(C)c1.[2H]C([2H])([2H])C([2H])(C)c1ccc(-c2cccc[n+]2C)c(C)c1. The summed E-state index contributed by atoms with van der Waals surface area (Å²) in [6.45, 7) is 32.2. The molecule has 0 N–H and O–H groups in total. The highest BCUT2D eigenvalue weighted by molar-refractivity contribution is 5.66. The van der Waals surface area contributed by atoms with Crippen molar-refractivity contribution < 1.29 is 41.1 Å². The van der Waals surface area contributed by atoms with Crippen molar-refractivity contribution in [2.75, 3.05) is 0 Å². The fourth-order valence-corrected chi connectivity index (χ4v) is 13.4. The molecule has 12 aromatic rings. The van der Waals surface area contributed by atoms with E-state index in [1.807, 2.05) is 98.0 Å². The third-order valence-electron chi connectivity index (χ3n) is 19.3. The van der Waals surface area contributed by atoms with Gasteiger partial charge >= 0.3 is 0 Å². The van der Waals surface area contributed by atoms with Crippen LogP contribution in [0.15, 0.2) is 237 Å². The molecule has 0 aliphatic carbocycles. The lowest BCUT2D eigenvalue weighted by molar-refractivity contribution is -0.661. The molecular weight excluding hydrogens is 1260 g/mol. The van der Waals surface area contributed by atoms with Crippen LogP contribution in [0.4, 0.5) is 0 Å². The molecule has 0 saturated carbocycles. The summed E-state index contributed by atoms with van der Waals surface area (Å²) >= 11 is 0. The van der Waals surface area contributed by atoms with Crippen molar-refractivity contribution in [3.63, 3.8) is 0 Å². The molecule has 0 spiro atoms. The van der Waals surface area contributed by atoms with Crippen LogP contribution >= 0.6 is 0 Å². The first-order valence-electron chi connectivity index (χ1n) is 41.6. The average Bonchev–Trinajstić information content (AvgIpc) is 0.765. The Kier molecular flexibility index (Phi) is 24.7. The van der Waals surface area contributed by atoms with Crippen LogP contribution in [0.2, 0.25) is 0 Å². The molecule has 540 valence electrons. The van der Waals surface area contributed by atoms with E-state index in [4.69, 9.17) is 13.7 Å². The van der Waals surface area contributed by atoms with E-state index in [1.54, 1.807) is 24.3 Å². The molecule has 6 aromatic carbocycles.